The van der Waals surface area contributed by atoms with E-state index in [1.54, 1.807) is 24.3 Å². The zero-order valence-corrected chi connectivity index (χ0v) is 10.5. The molecule has 2 rings (SSSR count). The molecule has 0 fully saturated rings. The third-order valence-electron chi connectivity index (χ3n) is 2.45. The van der Waals surface area contributed by atoms with E-state index in [2.05, 4.69) is 10.3 Å². The monoisotopic (exact) mass is 251 g/mol. The third kappa shape index (κ3) is 2.21. The van der Waals surface area contributed by atoms with Gasteiger partial charge in [0.2, 0.25) is 0 Å². The molecule has 0 aliphatic rings. The molecule has 0 amide bonds. The number of aryl methyl sites for hydroxylation is 2. The van der Waals surface area contributed by atoms with E-state index in [9.17, 15) is 8.42 Å². The molecule has 0 atom stereocenters. The summed E-state index contributed by atoms with van der Waals surface area (Å²) in [7, 11) is -3.60. The first-order valence-corrected chi connectivity index (χ1v) is 6.71. The highest BCUT2D eigenvalue weighted by Gasteiger charge is 2.18. The molecule has 0 saturated carbocycles. The zero-order valence-electron chi connectivity index (χ0n) is 9.66. The van der Waals surface area contributed by atoms with Gasteiger partial charge in [0.15, 0.2) is 0 Å². The van der Waals surface area contributed by atoms with Gasteiger partial charge < -0.3 is 0 Å². The molecule has 1 aromatic carbocycles. The van der Waals surface area contributed by atoms with Crippen LogP contribution in [0.15, 0.2) is 35.4 Å². The summed E-state index contributed by atoms with van der Waals surface area (Å²) >= 11 is 0. The molecule has 0 aliphatic heterocycles. The van der Waals surface area contributed by atoms with Gasteiger partial charge >= 0.3 is 0 Å². The maximum absolute atomic E-state index is 12.1. The Labute approximate surface area is 100 Å². The molecule has 90 valence electrons. The second-order valence-corrected chi connectivity index (χ2v) is 5.55. The highest BCUT2D eigenvalue weighted by Crippen LogP contribution is 2.13. The van der Waals surface area contributed by atoms with E-state index in [0.29, 0.717) is 12.1 Å². The van der Waals surface area contributed by atoms with E-state index >= 15 is 0 Å². The van der Waals surface area contributed by atoms with Crippen molar-refractivity contribution >= 4 is 10.0 Å². The average Bonchev–Trinajstić information content (AvgIpc) is 2.78. The fourth-order valence-corrected chi connectivity index (χ4v) is 2.47. The van der Waals surface area contributed by atoms with Gasteiger partial charge in [0.25, 0.3) is 10.0 Å². The van der Waals surface area contributed by atoms with E-state index in [1.165, 1.54) is 6.20 Å². The van der Waals surface area contributed by atoms with Gasteiger partial charge in [0.1, 0.15) is 0 Å². The highest BCUT2D eigenvalue weighted by molar-refractivity contribution is 7.89. The lowest BCUT2D eigenvalue weighted by Crippen LogP contribution is -2.13. The van der Waals surface area contributed by atoms with Crippen molar-refractivity contribution in [2.45, 2.75) is 25.2 Å². The number of nitrogens with zero attached hydrogens (tertiary/aromatic N) is 3. The first-order chi connectivity index (χ1) is 8.04. The maximum atomic E-state index is 12.1. The second kappa shape index (κ2) is 4.29. The Hall–Kier alpha value is -1.69. The van der Waals surface area contributed by atoms with Crippen molar-refractivity contribution < 1.29 is 8.42 Å². The number of benzene rings is 1. The maximum Gasteiger partial charge on any atom is 0.284 e. The average molecular weight is 251 g/mol. The lowest BCUT2D eigenvalue weighted by Gasteiger charge is -2.03. The number of hydrogen-bond acceptors (Lipinski definition) is 4. The summed E-state index contributed by atoms with van der Waals surface area (Å²) < 4.78 is 25.2. The second-order valence-electron chi connectivity index (χ2n) is 3.75. The molecule has 6 heteroatoms. The topological polar surface area (TPSA) is 64.8 Å². The Kier molecular flexibility index (Phi) is 2.97. The van der Waals surface area contributed by atoms with Crippen LogP contribution in [-0.2, 0) is 16.4 Å². The molecule has 2 aromatic rings. The fraction of sp³-hybridized carbons (Fsp3) is 0.273. The molecular weight excluding hydrogens is 238 g/mol. The minimum Gasteiger partial charge on any atom is -0.199 e. The Balaban J connectivity index is 2.46. The molecule has 0 spiro atoms. The summed E-state index contributed by atoms with van der Waals surface area (Å²) in [6.45, 7) is 3.80. The number of hydrogen-bond donors (Lipinski definition) is 0. The first-order valence-electron chi connectivity index (χ1n) is 5.27. The van der Waals surface area contributed by atoms with Crippen molar-refractivity contribution in [3.05, 3.63) is 41.7 Å². The number of rotatable bonds is 3. The van der Waals surface area contributed by atoms with E-state index in [4.69, 9.17) is 0 Å². The molecule has 0 aliphatic carbocycles. The van der Waals surface area contributed by atoms with Crippen molar-refractivity contribution in [2.75, 3.05) is 0 Å². The minimum atomic E-state index is -3.60. The van der Waals surface area contributed by atoms with E-state index in [1.807, 2.05) is 13.8 Å². The van der Waals surface area contributed by atoms with Crippen LogP contribution >= 0.6 is 0 Å². The lowest BCUT2D eigenvalue weighted by atomic mass is 10.2. The van der Waals surface area contributed by atoms with Gasteiger partial charge in [-0.05, 0) is 25.5 Å². The van der Waals surface area contributed by atoms with E-state index < -0.39 is 10.0 Å². The zero-order chi connectivity index (χ0) is 12.5. The molecule has 5 nitrogen and oxygen atoms in total. The standard InChI is InChI=1S/C11H13N3O2S/c1-3-10-8-14(13-12-10)17(15,16)11-6-4-9(2)5-7-11/h4-8H,3H2,1-2H3. The van der Waals surface area contributed by atoms with Gasteiger partial charge in [-0.1, -0.05) is 29.8 Å². The van der Waals surface area contributed by atoms with Crippen molar-refractivity contribution in [2.24, 2.45) is 0 Å². The van der Waals surface area contributed by atoms with Crippen molar-refractivity contribution in [3.8, 4) is 0 Å². The molecule has 1 aromatic heterocycles. The summed E-state index contributed by atoms with van der Waals surface area (Å²) in [6, 6.07) is 6.64. The van der Waals surface area contributed by atoms with Gasteiger partial charge in [0, 0.05) is 0 Å². The van der Waals surface area contributed by atoms with Crippen LogP contribution in [0.3, 0.4) is 0 Å². The summed E-state index contributed by atoms with van der Waals surface area (Å²) in [4.78, 5) is 0.218. The molecule has 0 bridgehead atoms. The molecule has 0 radical (unpaired) electrons. The SMILES string of the molecule is CCc1cn(S(=O)(=O)c2ccc(C)cc2)nn1. The molecule has 0 saturated heterocycles. The summed E-state index contributed by atoms with van der Waals surface area (Å²) in [5, 5.41) is 7.41. The van der Waals surface area contributed by atoms with Crippen LogP contribution in [0.1, 0.15) is 18.2 Å². The summed E-state index contributed by atoms with van der Waals surface area (Å²) in [5.41, 5.74) is 1.66. The lowest BCUT2D eigenvalue weighted by molar-refractivity contribution is 0.577. The molecule has 17 heavy (non-hydrogen) atoms. The van der Waals surface area contributed by atoms with Crippen LogP contribution in [0.2, 0.25) is 0 Å². The highest BCUT2D eigenvalue weighted by atomic mass is 32.2. The van der Waals surface area contributed by atoms with E-state index in [0.717, 1.165) is 9.65 Å². The molecule has 1 heterocycles. The Bertz CT molecular complexity index is 614. The largest absolute Gasteiger partial charge is 0.284 e. The van der Waals surface area contributed by atoms with Gasteiger partial charge in [-0.25, -0.2) is 0 Å². The van der Waals surface area contributed by atoms with Crippen LogP contribution in [-0.4, -0.2) is 22.8 Å². The van der Waals surface area contributed by atoms with E-state index in [-0.39, 0.29) is 4.90 Å². The molecule has 0 unspecified atom stereocenters. The van der Waals surface area contributed by atoms with Gasteiger partial charge in [0.05, 0.1) is 16.8 Å². The van der Waals surface area contributed by atoms with Crippen molar-refractivity contribution in [1.29, 1.82) is 0 Å². The smallest absolute Gasteiger partial charge is 0.199 e. The van der Waals surface area contributed by atoms with Crippen LogP contribution in [0, 0.1) is 6.92 Å². The van der Waals surface area contributed by atoms with Crippen molar-refractivity contribution in [1.82, 2.24) is 14.4 Å². The predicted molar refractivity (Wildman–Crippen MR) is 63.2 cm³/mol. The van der Waals surface area contributed by atoms with Crippen LogP contribution < -0.4 is 0 Å². The molecule has 0 N–H and O–H groups in total. The molecular formula is C11H13N3O2S. The predicted octanol–water partition coefficient (Wildman–Crippen LogP) is 1.39. The minimum absolute atomic E-state index is 0.218. The Morgan fingerprint density at radius 1 is 1.24 bits per heavy atom. The normalized spacial score (nSPS) is 11.6. The van der Waals surface area contributed by atoms with Gasteiger partial charge in [-0.15, -0.1) is 9.19 Å². The third-order valence-corrected chi connectivity index (χ3v) is 3.99. The van der Waals surface area contributed by atoms with Crippen LogP contribution in [0.5, 0.6) is 0 Å². The van der Waals surface area contributed by atoms with Crippen molar-refractivity contribution in [3.63, 3.8) is 0 Å². The summed E-state index contributed by atoms with van der Waals surface area (Å²) in [6.07, 6.45) is 2.10. The quantitative estimate of drug-likeness (QED) is 0.826. The Morgan fingerprint density at radius 3 is 2.41 bits per heavy atom. The van der Waals surface area contributed by atoms with Crippen LogP contribution in [0.4, 0.5) is 0 Å². The summed E-state index contributed by atoms with van der Waals surface area (Å²) in [5.74, 6) is 0. The Morgan fingerprint density at radius 2 is 1.88 bits per heavy atom. The number of aromatic nitrogens is 3. The van der Waals surface area contributed by atoms with Gasteiger partial charge in [-0.2, -0.15) is 8.42 Å². The fourth-order valence-electron chi connectivity index (χ4n) is 1.38. The van der Waals surface area contributed by atoms with Gasteiger partial charge in [-0.3, -0.25) is 0 Å². The van der Waals surface area contributed by atoms with Crippen LogP contribution in [0.25, 0.3) is 0 Å². The first kappa shape index (κ1) is 11.8.